The van der Waals surface area contributed by atoms with Crippen molar-refractivity contribution in [1.29, 1.82) is 0 Å². The molecule has 1 aliphatic rings. The monoisotopic (exact) mass is 324 g/mol. The Morgan fingerprint density at radius 1 is 1.00 bits per heavy atom. The molecule has 0 atom stereocenters. The standard InChI is InChI=1S/C12H9IN2O/c13-15-9-3-1-2-4-11(9)16-12-6-5-8(14)7-10(12)15/h1-7H,14H2. The molecule has 1 aliphatic heterocycles. The Morgan fingerprint density at radius 3 is 2.62 bits per heavy atom. The fraction of sp³-hybridized carbons (Fsp3) is 0. The average Bonchev–Trinajstić information content (AvgIpc) is 2.31. The number of hydrogen-bond donors (Lipinski definition) is 1. The predicted molar refractivity (Wildman–Crippen MR) is 73.5 cm³/mol. The maximum Gasteiger partial charge on any atom is 0.152 e. The summed E-state index contributed by atoms with van der Waals surface area (Å²) in [5.41, 5.74) is 8.55. The largest absolute Gasteiger partial charge is 0.453 e. The first-order valence-corrected chi connectivity index (χ1v) is 5.84. The van der Waals surface area contributed by atoms with Gasteiger partial charge >= 0.3 is 0 Å². The van der Waals surface area contributed by atoms with Crippen LogP contribution in [0.25, 0.3) is 0 Å². The van der Waals surface area contributed by atoms with Crippen molar-refractivity contribution in [3.8, 4) is 11.5 Å². The van der Waals surface area contributed by atoms with Crippen LogP contribution >= 0.6 is 22.9 Å². The minimum absolute atomic E-state index is 0.739. The zero-order valence-corrected chi connectivity index (χ0v) is 10.5. The fourth-order valence-corrected chi connectivity index (χ4v) is 2.50. The number of anilines is 3. The second kappa shape index (κ2) is 3.55. The minimum Gasteiger partial charge on any atom is -0.453 e. The third-order valence-corrected chi connectivity index (χ3v) is 3.53. The van der Waals surface area contributed by atoms with E-state index in [0.717, 1.165) is 28.6 Å². The van der Waals surface area contributed by atoms with Crippen molar-refractivity contribution in [1.82, 2.24) is 0 Å². The summed E-state index contributed by atoms with van der Waals surface area (Å²) >= 11 is 2.25. The lowest BCUT2D eigenvalue weighted by Gasteiger charge is -2.27. The molecule has 2 aromatic rings. The van der Waals surface area contributed by atoms with E-state index in [1.165, 1.54) is 0 Å². The lowest BCUT2D eigenvalue weighted by atomic mass is 10.2. The second-order valence-electron chi connectivity index (χ2n) is 3.58. The molecular formula is C12H9IN2O. The highest BCUT2D eigenvalue weighted by atomic mass is 127. The van der Waals surface area contributed by atoms with E-state index in [-0.39, 0.29) is 0 Å². The Hall–Kier alpha value is -1.43. The topological polar surface area (TPSA) is 38.5 Å². The van der Waals surface area contributed by atoms with E-state index in [1.807, 2.05) is 42.5 Å². The van der Waals surface area contributed by atoms with Gasteiger partial charge in [0.1, 0.15) is 0 Å². The van der Waals surface area contributed by atoms with Crippen LogP contribution in [0.1, 0.15) is 0 Å². The smallest absolute Gasteiger partial charge is 0.152 e. The molecule has 4 heteroatoms. The maximum atomic E-state index is 5.80. The Morgan fingerprint density at radius 2 is 1.75 bits per heavy atom. The van der Waals surface area contributed by atoms with Crippen LogP contribution in [0.3, 0.4) is 0 Å². The SMILES string of the molecule is Nc1ccc2c(c1)N(I)c1ccccc1O2. The van der Waals surface area contributed by atoms with E-state index < -0.39 is 0 Å². The van der Waals surface area contributed by atoms with Gasteiger partial charge in [-0.3, -0.25) is 3.11 Å². The maximum absolute atomic E-state index is 5.80. The Balaban J connectivity index is 2.19. The zero-order chi connectivity index (χ0) is 11.1. The van der Waals surface area contributed by atoms with E-state index in [1.54, 1.807) is 0 Å². The second-order valence-corrected chi connectivity index (χ2v) is 4.54. The predicted octanol–water partition coefficient (Wildman–Crippen LogP) is 3.86. The highest BCUT2D eigenvalue weighted by Gasteiger charge is 2.22. The summed E-state index contributed by atoms with van der Waals surface area (Å²) < 4.78 is 7.86. The van der Waals surface area contributed by atoms with Gasteiger partial charge in [0, 0.05) is 5.69 Å². The lowest BCUT2D eigenvalue weighted by molar-refractivity contribution is 0.479. The molecule has 2 N–H and O–H groups in total. The fourth-order valence-electron chi connectivity index (χ4n) is 1.73. The van der Waals surface area contributed by atoms with Crippen molar-refractivity contribution < 1.29 is 4.74 Å². The van der Waals surface area contributed by atoms with Gasteiger partial charge in [-0.15, -0.1) is 0 Å². The van der Waals surface area contributed by atoms with Gasteiger partial charge in [0.2, 0.25) is 0 Å². The van der Waals surface area contributed by atoms with Crippen molar-refractivity contribution in [2.75, 3.05) is 8.85 Å². The summed E-state index contributed by atoms with van der Waals surface area (Å²) in [7, 11) is 0. The summed E-state index contributed by atoms with van der Waals surface area (Å²) in [5, 5.41) is 0. The third kappa shape index (κ3) is 1.41. The van der Waals surface area contributed by atoms with Crippen LogP contribution in [0.2, 0.25) is 0 Å². The molecule has 2 aromatic carbocycles. The van der Waals surface area contributed by atoms with Crippen molar-refractivity contribution in [3.05, 3.63) is 42.5 Å². The minimum atomic E-state index is 0.739. The first kappa shape index (κ1) is 9.77. The highest BCUT2D eigenvalue weighted by molar-refractivity contribution is 14.1. The number of nitrogens with two attached hydrogens (primary N) is 1. The molecule has 0 bridgehead atoms. The first-order valence-electron chi connectivity index (χ1n) is 4.88. The van der Waals surface area contributed by atoms with Crippen molar-refractivity contribution >= 4 is 39.9 Å². The van der Waals surface area contributed by atoms with E-state index in [0.29, 0.717) is 0 Å². The van der Waals surface area contributed by atoms with Crippen LogP contribution in [-0.4, -0.2) is 0 Å². The number of para-hydroxylation sites is 2. The number of nitrogen functional groups attached to an aromatic ring is 1. The molecule has 0 saturated carbocycles. The molecule has 1 heterocycles. The lowest BCUT2D eigenvalue weighted by Crippen LogP contribution is -2.09. The molecular weight excluding hydrogens is 315 g/mol. The van der Waals surface area contributed by atoms with Crippen molar-refractivity contribution in [2.24, 2.45) is 0 Å². The van der Waals surface area contributed by atoms with Gasteiger partial charge in [0.15, 0.2) is 11.5 Å². The van der Waals surface area contributed by atoms with Gasteiger partial charge in [0.25, 0.3) is 0 Å². The van der Waals surface area contributed by atoms with Crippen LogP contribution in [0.4, 0.5) is 17.1 Å². The summed E-state index contributed by atoms with van der Waals surface area (Å²) in [4.78, 5) is 0. The van der Waals surface area contributed by atoms with Gasteiger partial charge in [-0.1, -0.05) is 12.1 Å². The van der Waals surface area contributed by atoms with Crippen LogP contribution in [0.15, 0.2) is 42.5 Å². The van der Waals surface area contributed by atoms with Gasteiger partial charge in [-0.25, -0.2) is 0 Å². The molecule has 3 rings (SSSR count). The molecule has 0 unspecified atom stereocenters. The summed E-state index contributed by atoms with van der Waals surface area (Å²) in [5.74, 6) is 1.71. The summed E-state index contributed by atoms with van der Waals surface area (Å²) in [6, 6.07) is 13.6. The average molecular weight is 324 g/mol. The number of nitrogens with zero attached hydrogens (tertiary/aromatic N) is 1. The summed E-state index contributed by atoms with van der Waals surface area (Å²) in [6.45, 7) is 0. The molecule has 0 spiro atoms. The number of hydrogen-bond acceptors (Lipinski definition) is 3. The van der Waals surface area contributed by atoms with E-state index in [2.05, 4.69) is 26.0 Å². The van der Waals surface area contributed by atoms with Gasteiger partial charge < -0.3 is 10.5 Å². The van der Waals surface area contributed by atoms with E-state index >= 15 is 0 Å². The molecule has 0 aliphatic carbocycles. The Labute approximate surface area is 107 Å². The summed E-state index contributed by atoms with van der Waals surface area (Å²) in [6.07, 6.45) is 0. The quantitative estimate of drug-likeness (QED) is 0.454. The molecule has 80 valence electrons. The molecule has 0 amide bonds. The number of halogens is 1. The van der Waals surface area contributed by atoms with Gasteiger partial charge in [-0.05, 0) is 30.3 Å². The molecule has 0 saturated heterocycles. The molecule has 16 heavy (non-hydrogen) atoms. The Kier molecular flexibility index (Phi) is 2.17. The van der Waals surface area contributed by atoms with Gasteiger partial charge in [-0.2, -0.15) is 0 Å². The molecule has 0 aromatic heterocycles. The van der Waals surface area contributed by atoms with Crippen LogP contribution in [-0.2, 0) is 0 Å². The first-order chi connectivity index (χ1) is 7.75. The zero-order valence-electron chi connectivity index (χ0n) is 8.35. The van der Waals surface area contributed by atoms with Crippen molar-refractivity contribution in [3.63, 3.8) is 0 Å². The number of benzene rings is 2. The molecule has 0 fully saturated rings. The molecule has 3 nitrogen and oxygen atoms in total. The molecule has 0 radical (unpaired) electrons. The van der Waals surface area contributed by atoms with Gasteiger partial charge in [0.05, 0.1) is 34.2 Å². The highest BCUT2D eigenvalue weighted by Crippen LogP contribution is 2.48. The van der Waals surface area contributed by atoms with Crippen molar-refractivity contribution in [2.45, 2.75) is 0 Å². The van der Waals surface area contributed by atoms with E-state index in [9.17, 15) is 0 Å². The van der Waals surface area contributed by atoms with Crippen LogP contribution < -0.4 is 13.6 Å². The van der Waals surface area contributed by atoms with E-state index in [4.69, 9.17) is 10.5 Å². The van der Waals surface area contributed by atoms with Crippen LogP contribution in [0.5, 0.6) is 11.5 Å². The number of rotatable bonds is 0. The Bertz CT molecular complexity index is 556. The number of ether oxygens (including phenoxy) is 1. The third-order valence-electron chi connectivity index (χ3n) is 2.49. The number of fused-ring (bicyclic) bond motifs is 2. The van der Waals surface area contributed by atoms with Crippen LogP contribution in [0, 0.1) is 0 Å². The normalized spacial score (nSPS) is 12.7.